The quantitative estimate of drug-likeness (QED) is 0.755. The third-order valence-electron chi connectivity index (χ3n) is 2.77. The summed E-state index contributed by atoms with van der Waals surface area (Å²) < 4.78 is 5.06. The number of rotatable bonds is 3. The Bertz CT molecular complexity index is 310. The van der Waals surface area contributed by atoms with E-state index in [4.69, 9.17) is 10.5 Å². The van der Waals surface area contributed by atoms with E-state index in [0.717, 1.165) is 17.7 Å². The number of hydrogen-bond acceptors (Lipinski definition) is 3. The summed E-state index contributed by atoms with van der Waals surface area (Å²) in [5.74, 6) is 1.07. The van der Waals surface area contributed by atoms with Gasteiger partial charge in [-0.15, -0.1) is 0 Å². The molecule has 1 saturated carbocycles. The van der Waals surface area contributed by atoms with Gasteiger partial charge in [-0.1, -0.05) is 12.1 Å². The van der Waals surface area contributed by atoms with Crippen LogP contribution in [0.1, 0.15) is 18.0 Å². The van der Waals surface area contributed by atoms with Gasteiger partial charge in [0.2, 0.25) is 0 Å². The molecule has 3 nitrogen and oxygen atoms in total. The lowest BCUT2D eigenvalue weighted by atomic mass is 10.0. The smallest absolute Gasteiger partial charge is 0.118 e. The normalized spacial score (nSPS) is 27.1. The molecule has 3 atom stereocenters. The SMILES string of the molecule is COc1ccc(C(N)[C@@H]2C[C@@H]2O)cc1. The van der Waals surface area contributed by atoms with Gasteiger partial charge < -0.3 is 15.6 Å². The lowest BCUT2D eigenvalue weighted by molar-refractivity contribution is 0.251. The van der Waals surface area contributed by atoms with Gasteiger partial charge in [0.15, 0.2) is 0 Å². The lowest BCUT2D eigenvalue weighted by Crippen LogP contribution is -2.14. The second-order valence-electron chi connectivity index (χ2n) is 3.77. The highest BCUT2D eigenvalue weighted by molar-refractivity contribution is 5.30. The summed E-state index contributed by atoms with van der Waals surface area (Å²) in [5, 5.41) is 9.25. The van der Waals surface area contributed by atoms with Crippen molar-refractivity contribution >= 4 is 0 Å². The molecule has 1 fully saturated rings. The molecule has 0 aromatic heterocycles. The van der Waals surface area contributed by atoms with Crippen LogP contribution < -0.4 is 10.5 Å². The van der Waals surface area contributed by atoms with E-state index in [1.54, 1.807) is 7.11 Å². The van der Waals surface area contributed by atoms with Crippen LogP contribution in [0, 0.1) is 5.92 Å². The minimum absolute atomic E-state index is 0.0455. The van der Waals surface area contributed by atoms with E-state index in [1.165, 1.54) is 0 Å². The van der Waals surface area contributed by atoms with E-state index in [9.17, 15) is 5.11 Å². The molecule has 1 aliphatic rings. The largest absolute Gasteiger partial charge is 0.497 e. The van der Waals surface area contributed by atoms with Gasteiger partial charge in [-0.25, -0.2) is 0 Å². The van der Waals surface area contributed by atoms with Gasteiger partial charge in [-0.3, -0.25) is 0 Å². The third-order valence-corrected chi connectivity index (χ3v) is 2.77. The molecule has 1 unspecified atom stereocenters. The summed E-state index contributed by atoms with van der Waals surface area (Å²) in [4.78, 5) is 0. The minimum Gasteiger partial charge on any atom is -0.497 e. The second kappa shape index (κ2) is 3.59. The molecule has 0 aliphatic heterocycles. The first-order valence-corrected chi connectivity index (χ1v) is 4.80. The maximum Gasteiger partial charge on any atom is 0.118 e. The van der Waals surface area contributed by atoms with Crippen molar-refractivity contribution in [1.29, 1.82) is 0 Å². The Balaban J connectivity index is 2.08. The number of aliphatic hydroxyl groups excluding tert-OH is 1. The van der Waals surface area contributed by atoms with Gasteiger partial charge in [-0.05, 0) is 24.1 Å². The van der Waals surface area contributed by atoms with Crippen molar-refractivity contribution in [3.63, 3.8) is 0 Å². The molecule has 1 aromatic rings. The van der Waals surface area contributed by atoms with Crippen LogP contribution in [0.4, 0.5) is 0 Å². The number of hydrogen-bond donors (Lipinski definition) is 2. The van der Waals surface area contributed by atoms with Gasteiger partial charge in [0, 0.05) is 12.0 Å². The van der Waals surface area contributed by atoms with Gasteiger partial charge >= 0.3 is 0 Å². The number of methoxy groups -OCH3 is 1. The Morgan fingerprint density at radius 3 is 2.43 bits per heavy atom. The summed E-state index contributed by atoms with van der Waals surface area (Å²) in [5.41, 5.74) is 7.04. The topological polar surface area (TPSA) is 55.5 Å². The zero-order chi connectivity index (χ0) is 10.1. The highest BCUT2D eigenvalue weighted by Gasteiger charge is 2.40. The molecular formula is C11H15NO2. The van der Waals surface area contributed by atoms with Gasteiger partial charge in [0.1, 0.15) is 5.75 Å². The third kappa shape index (κ3) is 1.74. The van der Waals surface area contributed by atoms with Crippen molar-refractivity contribution in [3.05, 3.63) is 29.8 Å². The Morgan fingerprint density at radius 1 is 1.43 bits per heavy atom. The maximum absolute atomic E-state index is 9.25. The van der Waals surface area contributed by atoms with E-state index in [0.29, 0.717) is 0 Å². The number of nitrogens with two attached hydrogens (primary N) is 1. The van der Waals surface area contributed by atoms with Gasteiger partial charge in [0.25, 0.3) is 0 Å². The first-order chi connectivity index (χ1) is 6.72. The van der Waals surface area contributed by atoms with Crippen LogP contribution in [0.3, 0.4) is 0 Å². The van der Waals surface area contributed by atoms with E-state index in [1.807, 2.05) is 24.3 Å². The standard InChI is InChI=1S/C11H15NO2/c1-14-8-4-2-7(3-5-8)11(12)9-6-10(9)13/h2-5,9-11,13H,6,12H2,1H3/t9-,10+,11?/m1/s1. The number of ether oxygens (including phenoxy) is 1. The van der Waals surface area contributed by atoms with Crippen LogP contribution in [-0.2, 0) is 0 Å². The van der Waals surface area contributed by atoms with E-state index in [2.05, 4.69) is 0 Å². The fourth-order valence-electron chi connectivity index (χ4n) is 1.66. The number of aliphatic hydroxyl groups is 1. The van der Waals surface area contributed by atoms with Crippen molar-refractivity contribution in [2.24, 2.45) is 11.7 Å². The van der Waals surface area contributed by atoms with Crippen molar-refractivity contribution in [1.82, 2.24) is 0 Å². The average molecular weight is 193 g/mol. The van der Waals surface area contributed by atoms with Crippen LogP contribution in [0.25, 0.3) is 0 Å². The first-order valence-electron chi connectivity index (χ1n) is 4.80. The summed E-state index contributed by atoms with van der Waals surface area (Å²) in [7, 11) is 1.64. The summed E-state index contributed by atoms with van der Waals surface area (Å²) >= 11 is 0. The Morgan fingerprint density at radius 2 is 2.00 bits per heavy atom. The molecule has 0 amide bonds. The van der Waals surface area contributed by atoms with Crippen LogP contribution in [0.5, 0.6) is 5.75 Å². The zero-order valence-electron chi connectivity index (χ0n) is 8.18. The Kier molecular flexibility index (Phi) is 2.44. The predicted octanol–water partition coefficient (Wildman–Crippen LogP) is 1.08. The van der Waals surface area contributed by atoms with E-state index < -0.39 is 0 Å². The number of benzene rings is 1. The molecule has 0 radical (unpaired) electrons. The van der Waals surface area contributed by atoms with Crippen LogP contribution in [-0.4, -0.2) is 18.3 Å². The van der Waals surface area contributed by atoms with E-state index in [-0.39, 0.29) is 18.1 Å². The van der Waals surface area contributed by atoms with Crippen LogP contribution in [0.2, 0.25) is 0 Å². The average Bonchev–Trinajstić information content (AvgIpc) is 2.95. The molecule has 0 bridgehead atoms. The molecule has 2 rings (SSSR count). The first kappa shape index (κ1) is 9.49. The lowest BCUT2D eigenvalue weighted by Gasteiger charge is -2.11. The Hall–Kier alpha value is -1.06. The van der Waals surface area contributed by atoms with Crippen molar-refractivity contribution in [2.45, 2.75) is 18.6 Å². The minimum atomic E-state index is -0.202. The summed E-state index contributed by atoms with van der Waals surface area (Å²) in [6, 6.07) is 7.65. The maximum atomic E-state index is 9.25. The molecule has 0 heterocycles. The monoisotopic (exact) mass is 193 g/mol. The summed E-state index contributed by atoms with van der Waals surface area (Å²) in [6.07, 6.45) is 0.625. The fourth-order valence-corrected chi connectivity index (χ4v) is 1.66. The molecule has 3 N–H and O–H groups in total. The molecule has 1 aliphatic carbocycles. The highest BCUT2D eigenvalue weighted by Crippen LogP contribution is 2.40. The second-order valence-corrected chi connectivity index (χ2v) is 3.77. The van der Waals surface area contributed by atoms with Crippen molar-refractivity contribution in [2.75, 3.05) is 7.11 Å². The molecule has 76 valence electrons. The van der Waals surface area contributed by atoms with Gasteiger partial charge in [0.05, 0.1) is 13.2 Å². The summed E-state index contributed by atoms with van der Waals surface area (Å²) in [6.45, 7) is 0. The molecule has 0 saturated heterocycles. The van der Waals surface area contributed by atoms with Crippen LogP contribution >= 0.6 is 0 Å². The molecular weight excluding hydrogens is 178 g/mol. The molecule has 14 heavy (non-hydrogen) atoms. The van der Waals surface area contributed by atoms with Crippen LogP contribution in [0.15, 0.2) is 24.3 Å². The van der Waals surface area contributed by atoms with Crippen molar-refractivity contribution < 1.29 is 9.84 Å². The fraction of sp³-hybridized carbons (Fsp3) is 0.455. The Labute approximate surface area is 83.5 Å². The van der Waals surface area contributed by atoms with E-state index >= 15 is 0 Å². The zero-order valence-corrected chi connectivity index (χ0v) is 8.18. The molecule has 1 aromatic carbocycles. The van der Waals surface area contributed by atoms with Crippen molar-refractivity contribution in [3.8, 4) is 5.75 Å². The van der Waals surface area contributed by atoms with Gasteiger partial charge in [-0.2, -0.15) is 0 Å². The predicted molar refractivity (Wildman–Crippen MR) is 54.0 cm³/mol. The molecule has 0 spiro atoms. The highest BCUT2D eigenvalue weighted by atomic mass is 16.5. The molecule has 3 heteroatoms.